The summed E-state index contributed by atoms with van der Waals surface area (Å²) in [5.41, 5.74) is 6.33. The molecule has 4 aliphatic rings. The van der Waals surface area contributed by atoms with E-state index in [1.807, 2.05) is 0 Å². The Hall–Kier alpha value is -2.16. The quantitative estimate of drug-likeness (QED) is 0.685. The van der Waals surface area contributed by atoms with Crippen molar-refractivity contribution in [3.05, 3.63) is 53.1 Å². The van der Waals surface area contributed by atoms with Crippen molar-refractivity contribution in [3.63, 3.8) is 0 Å². The summed E-state index contributed by atoms with van der Waals surface area (Å²) in [6.45, 7) is 2.60. The zero-order valence-electron chi connectivity index (χ0n) is 18.4. The number of methoxy groups -OCH3 is 2. The van der Waals surface area contributed by atoms with Crippen molar-refractivity contribution < 1.29 is 9.47 Å². The first-order valence-corrected chi connectivity index (χ1v) is 11.7. The van der Waals surface area contributed by atoms with E-state index in [1.54, 1.807) is 19.8 Å². The third-order valence-electron chi connectivity index (χ3n) is 9.22. The second-order valence-electron chi connectivity index (χ2n) is 10.4. The minimum atomic E-state index is 0.399. The molecule has 3 aliphatic carbocycles. The van der Waals surface area contributed by atoms with Crippen molar-refractivity contribution in [2.75, 3.05) is 19.5 Å². The summed E-state index contributed by atoms with van der Waals surface area (Å²) in [7, 11) is 3.54. The minimum Gasteiger partial charge on any atom is -0.497 e. The average Bonchev–Trinajstić information content (AvgIpc) is 3.08. The number of ether oxygens (including phenoxy) is 2. The number of hydrogen-bond acceptors (Lipinski definition) is 3. The highest BCUT2D eigenvalue weighted by Crippen LogP contribution is 2.64. The molecule has 0 radical (unpaired) electrons. The maximum atomic E-state index is 5.50. The van der Waals surface area contributed by atoms with E-state index in [-0.39, 0.29) is 0 Å². The Kier molecular flexibility index (Phi) is 4.13. The molecule has 0 spiro atoms. The lowest BCUT2D eigenvalue weighted by molar-refractivity contribution is 0.0530. The maximum absolute atomic E-state index is 5.50. The highest BCUT2D eigenvalue weighted by atomic mass is 16.5. The van der Waals surface area contributed by atoms with Crippen LogP contribution >= 0.6 is 0 Å². The molecule has 1 aliphatic heterocycles. The number of fused-ring (bicyclic) bond motifs is 8. The zero-order chi connectivity index (χ0) is 20.5. The summed E-state index contributed by atoms with van der Waals surface area (Å²) in [5, 5.41) is 4.01. The molecule has 3 nitrogen and oxygen atoms in total. The van der Waals surface area contributed by atoms with Crippen molar-refractivity contribution in [1.29, 1.82) is 0 Å². The van der Waals surface area contributed by atoms with Gasteiger partial charge in [0.25, 0.3) is 0 Å². The summed E-state index contributed by atoms with van der Waals surface area (Å²) in [6.07, 6.45) is 7.80. The van der Waals surface area contributed by atoms with Gasteiger partial charge in [-0.1, -0.05) is 19.1 Å². The number of rotatable bonds is 2. The number of anilines is 1. The molecule has 3 heteroatoms. The molecule has 2 saturated carbocycles. The van der Waals surface area contributed by atoms with Gasteiger partial charge < -0.3 is 14.8 Å². The van der Waals surface area contributed by atoms with E-state index in [0.29, 0.717) is 11.5 Å². The van der Waals surface area contributed by atoms with Gasteiger partial charge in [-0.05, 0) is 103 Å². The van der Waals surface area contributed by atoms with Crippen LogP contribution in [0.2, 0.25) is 0 Å². The Balaban J connectivity index is 1.31. The van der Waals surface area contributed by atoms with Crippen LogP contribution in [-0.2, 0) is 12.8 Å². The maximum Gasteiger partial charge on any atom is 0.120 e. The first-order valence-electron chi connectivity index (χ1n) is 11.7. The number of aryl methyl sites for hydroxylation is 1. The predicted molar refractivity (Wildman–Crippen MR) is 121 cm³/mol. The molecule has 0 amide bonds. The van der Waals surface area contributed by atoms with E-state index < -0.39 is 0 Å². The number of hydrogen-bond donors (Lipinski definition) is 1. The Morgan fingerprint density at radius 3 is 2.60 bits per heavy atom. The van der Waals surface area contributed by atoms with Gasteiger partial charge in [0.05, 0.1) is 14.2 Å². The molecule has 2 fully saturated rings. The zero-order valence-corrected chi connectivity index (χ0v) is 18.4. The monoisotopic (exact) mass is 403 g/mol. The van der Waals surface area contributed by atoms with Gasteiger partial charge in [-0.2, -0.15) is 0 Å². The van der Waals surface area contributed by atoms with Crippen LogP contribution in [0, 0.1) is 23.2 Å². The normalized spacial score (nSPS) is 35.8. The highest BCUT2D eigenvalue weighted by molar-refractivity contribution is 5.59. The molecule has 0 aromatic heterocycles. The number of nitrogens with one attached hydrogen (secondary N) is 1. The molecule has 158 valence electrons. The third kappa shape index (κ3) is 2.57. The van der Waals surface area contributed by atoms with Crippen LogP contribution in [0.4, 0.5) is 5.69 Å². The van der Waals surface area contributed by atoms with Crippen LogP contribution in [0.1, 0.15) is 55.2 Å². The summed E-state index contributed by atoms with van der Waals surface area (Å²) < 4.78 is 11.0. The molecule has 30 heavy (non-hydrogen) atoms. The van der Waals surface area contributed by atoms with E-state index in [9.17, 15) is 0 Å². The van der Waals surface area contributed by atoms with E-state index in [4.69, 9.17) is 9.47 Å². The molecule has 6 atom stereocenters. The molecule has 1 heterocycles. The van der Waals surface area contributed by atoms with Gasteiger partial charge in [0.15, 0.2) is 0 Å². The lowest BCUT2D eigenvalue weighted by Gasteiger charge is -2.51. The van der Waals surface area contributed by atoms with Crippen LogP contribution in [0.25, 0.3) is 0 Å². The predicted octanol–water partition coefficient (Wildman–Crippen LogP) is 5.82. The van der Waals surface area contributed by atoms with E-state index in [0.717, 1.165) is 35.2 Å². The van der Waals surface area contributed by atoms with Crippen molar-refractivity contribution in [3.8, 4) is 11.5 Å². The molecule has 1 N–H and O–H groups in total. The van der Waals surface area contributed by atoms with Gasteiger partial charge in [0.2, 0.25) is 0 Å². The van der Waals surface area contributed by atoms with Gasteiger partial charge >= 0.3 is 0 Å². The summed E-state index contributed by atoms with van der Waals surface area (Å²) in [5.74, 6) is 5.12. The lowest BCUT2D eigenvalue weighted by atomic mass is 9.55. The molecule has 0 unspecified atom stereocenters. The Morgan fingerprint density at radius 1 is 0.967 bits per heavy atom. The van der Waals surface area contributed by atoms with E-state index >= 15 is 0 Å². The minimum absolute atomic E-state index is 0.399. The molecule has 6 rings (SSSR count). The fraction of sp³-hybridized carbons (Fsp3) is 0.556. The lowest BCUT2D eigenvalue weighted by Crippen LogP contribution is -2.48. The Labute approximate surface area is 180 Å². The molecule has 2 aromatic carbocycles. The second kappa shape index (κ2) is 6.67. The van der Waals surface area contributed by atoms with Crippen LogP contribution < -0.4 is 14.8 Å². The van der Waals surface area contributed by atoms with Gasteiger partial charge in [0.1, 0.15) is 11.5 Å². The molecule has 0 bridgehead atoms. The Morgan fingerprint density at radius 2 is 1.77 bits per heavy atom. The van der Waals surface area contributed by atoms with Crippen LogP contribution in [0.5, 0.6) is 11.5 Å². The fourth-order valence-corrected chi connectivity index (χ4v) is 7.79. The largest absolute Gasteiger partial charge is 0.497 e. The summed E-state index contributed by atoms with van der Waals surface area (Å²) in [6, 6.07) is 14.0. The third-order valence-corrected chi connectivity index (χ3v) is 9.22. The fourth-order valence-electron chi connectivity index (χ4n) is 7.79. The van der Waals surface area contributed by atoms with Gasteiger partial charge in [0, 0.05) is 17.8 Å². The molecule has 0 saturated heterocycles. The SMILES string of the molecule is COc1ccc2c(c1)CC[C@@H]1[C@@H]2CC[C@@]2(C)[C@H]1C[C@H]1Cc3ccc(OC)cc3N[C@@H]12. The second-order valence-corrected chi connectivity index (χ2v) is 10.4. The Bertz CT molecular complexity index is 985. The molecule has 2 aromatic rings. The highest BCUT2D eigenvalue weighted by Gasteiger charge is 2.59. The van der Waals surface area contributed by atoms with Crippen LogP contribution in [0.3, 0.4) is 0 Å². The van der Waals surface area contributed by atoms with Crippen molar-refractivity contribution in [1.82, 2.24) is 0 Å². The summed E-state index contributed by atoms with van der Waals surface area (Å²) in [4.78, 5) is 0. The first-order chi connectivity index (χ1) is 14.6. The molecular formula is C27H33NO2. The summed E-state index contributed by atoms with van der Waals surface area (Å²) >= 11 is 0. The topological polar surface area (TPSA) is 30.5 Å². The van der Waals surface area contributed by atoms with Gasteiger partial charge in [-0.25, -0.2) is 0 Å². The smallest absolute Gasteiger partial charge is 0.120 e. The van der Waals surface area contributed by atoms with Gasteiger partial charge in [-0.15, -0.1) is 0 Å². The van der Waals surface area contributed by atoms with E-state index in [1.165, 1.54) is 55.3 Å². The molecular weight excluding hydrogens is 370 g/mol. The van der Waals surface area contributed by atoms with Crippen LogP contribution in [0.15, 0.2) is 36.4 Å². The van der Waals surface area contributed by atoms with Crippen molar-refractivity contribution in [2.24, 2.45) is 23.2 Å². The number of benzene rings is 2. The van der Waals surface area contributed by atoms with Crippen LogP contribution in [-0.4, -0.2) is 20.3 Å². The van der Waals surface area contributed by atoms with Crippen molar-refractivity contribution in [2.45, 2.75) is 57.4 Å². The first kappa shape index (κ1) is 18.6. The van der Waals surface area contributed by atoms with Gasteiger partial charge in [-0.3, -0.25) is 0 Å². The average molecular weight is 404 g/mol. The standard InChI is InChI=1S/C27H33NO2/c1-27-11-10-22-21-9-7-19(29-2)13-16(21)5-8-23(22)24(27)14-18-12-17-4-6-20(30-3)15-25(17)28-26(18)27/h4,6-7,9,13,15,18,22-24,26,28H,5,8,10-12,14H2,1-3H3/t18-,22-,23-,24+,26+,27+/m1/s1. The van der Waals surface area contributed by atoms with Crippen molar-refractivity contribution >= 4 is 5.69 Å². The van der Waals surface area contributed by atoms with E-state index in [2.05, 4.69) is 48.6 Å².